The lowest BCUT2D eigenvalue weighted by atomic mass is 10.3. The van der Waals surface area contributed by atoms with E-state index in [1.807, 2.05) is 26.8 Å². The second-order valence-corrected chi connectivity index (χ2v) is 5.59. The first-order valence-electron chi connectivity index (χ1n) is 6.64. The van der Waals surface area contributed by atoms with Crippen LogP contribution in [0.2, 0.25) is 0 Å². The molecule has 2 aromatic rings. The molecular weight excluding hydrogens is 276 g/mol. The first-order valence-corrected chi connectivity index (χ1v) is 7.08. The lowest BCUT2D eigenvalue weighted by molar-refractivity contribution is -0.130. The van der Waals surface area contributed by atoms with Crippen LogP contribution in [0.25, 0.3) is 11.2 Å². The maximum atomic E-state index is 12.1. The zero-order valence-electron chi connectivity index (χ0n) is 12.2. The number of imidazole rings is 1. The van der Waals surface area contributed by atoms with Gasteiger partial charge in [0.2, 0.25) is 5.91 Å². The predicted octanol–water partition coefficient (Wildman–Crippen LogP) is 2.52. The van der Waals surface area contributed by atoms with Gasteiger partial charge in [-0.2, -0.15) is 0 Å². The van der Waals surface area contributed by atoms with E-state index in [1.54, 1.807) is 22.7 Å². The molecule has 0 saturated carbocycles. The predicted molar refractivity (Wildman–Crippen MR) is 79.8 cm³/mol. The van der Waals surface area contributed by atoms with Crippen molar-refractivity contribution < 1.29 is 4.79 Å². The van der Waals surface area contributed by atoms with Crippen molar-refractivity contribution in [3.05, 3.63) is 23.7 Å². The number of rotatable bonds is 4. The minimum absolute atomic E-state index is 0.0211. The number of pyridine rings is 1. The molecule has 0 radical (unpaired) electrons. The molecule has 0 aliphatic heterocycles. The summed E-state index contributed by atoms with van der Waals surface area (Å²) < 4.78 is 1.81. The molecule has 6 heteroatoms. The lowest BCUT2D eigenvalue weighted by Gasteiger charge is -2.16. The van der Waals surface area contributed by atoms with Gasteiger partial charge in [0.15, 0.2) is 5.65 Å². The van der Waals surface area contributed by atoms with E-state index in [4.69, 9.17) is 11.6 Å². The number of likely N-dealkylation sites (N-methyl/N-ethyl adjacent to an activating group) is 1. The Morgan fingerprint density at radius 2 is 2.25 bits per heavy atom. The van der Waals surface area contributed by atoms with Crippen LogP contribution >= 0.6 is 11.6 Å². The van der Waals surface area contributed by atoms with Crippen LogP contribution in [0.4, 0.5) is 0 Å². The molecule has 0 saturated heterocycles. The third-order valence-corrected chi connectivity index (χ3v) is 3.50. The molecule has 1 unspecified atom stereocenters. The number of amides is 1. The van der Waals surface area contributed by atoms with Crippen molar-refractivity contribution in [2.24, 2.45) is 0 Å². The quantitative estimate of drug-likeness (QED) is 0.814. The fourth-order valence-electron chi connectivity index (χ4n) is 2.02. The summed E-state index contributed by atoms with van der Waals surface area (Å²) in [5.74, 6) is 0.699. The molecule has 2 aromatic heterocycles. The summed E-state index contributed by atoms with van der Waals surface area (Å²) in [5.41, 5.74) is 2.52. The van der Waals surface area contributed by atoms with Crippen LogP contribution < -0.4 is 0 Å². The number of aromatic nitrogens is 3. The van der Waals surface area contributed by atoms with Gasteiger partial charge in [-0.25, -0.2) is 9.97 Å². The summed E-state index contributed by atoms with van der Waals surface area (Å²) in [6, 6.07) is 1.95. The second-order valence-electron chi connectivity index (χ2n) is 4.94. The normalized spacial score (nSPS) is 12.7. The zero-order valence-corrected chi connectivity index (χ0v) is 13.0. The molecule has 20 heavy (non-hydrogen) atoms. The fraction of sp³-hybridized carbons (Fsp3) is 0.500. The molecule has 2 heterocycles. The SMILES string of the molecule is CCN(C)C(=O)Cn1c(C(C)Cl)nc2cc(C)cnc21. The largest absolute Gasteiger partial charge is 0.344 e. The van der Waals surface area contributed by atoms with E-state index in [9.17, 15) is 4.79 Å². The van der Waals surface area contributed by atoms with Crippen LogP contribution in [0, 0.1) is 6.92 Å². The second kappa shape index (κ2) is 5.79. The Hall–Kier alpha value is -1.62. The Morgan fingerprint density at radius 3 is 2.85 bits per heavy atom. The summed E-state index contributed by atoms with van der Waals surface area (Å²) in [5, 5.41) is -0.274. The summed E-state index contributed by atoms with van der Waals surface area (Å²) in [7, 11) is 1.78. The van der Waals surface area contributed by atoms with Crippen molar-refractivity contribution in [2.45, 2.75) is 32.7 Å². The van der Waals surface area contributed by atoms with Gasteiger partial charge in [-0.15, -0.1) is 11.6 Å². The summed E-state index contributed by atoms with van der Waals surface area (Å²) >= 11 is 6.18. The summed E-state index contributed by atoms with van der Waals surface area (Å²) in [6.07, 6.45) is 1.78. The smallest absolute Gasteiger partial charge is 0.242 e. The molecule has 0 fully saturated rings. The standard InChI is InChI=1S/C14H19ClN4O/c1-5-18(4)12(20)8-19-13(10(3)15)17-11-6-9(2)7-16-14(11)19/h6-7,10H,5,8H2,1-4H3. The van der Waals surface area contributed by atoms with Crippen molar-refractivity contribution in [1.82, 2.24) is 19.4 Å². The zero-order chi connectivity index (χ0) is 14.9. The van der Waals surface area contributed by atoms with Gasteiger partial charge in [0.1, 0.15) is 17.9 Å². The van der Waals surface area contributed by atoms with Crippen LogP contribution in [0.5, 0.6) is 0 Å². The monoisotopic (exact) mass is 294 g/mol. The van der Waals surface area contributed by atoms with Crippen LogP contribution in [0.3, 0.4) is 0 Å². The van der Waals surface area contributed by atoms with Crippen molar-refractivity contribution in [1.29, 1.82) is 0 Å². The molecule has 0 spiro atoms. The molecule has 0 N–H and O–H groups in total. The molecule has 108 valence electrons. The number of nitrogens with zero attached hydrogens (tertiary/aromatic N) is 4. The number of hydrogen-bond donors (Lipinski definition) is 0. The number of halogens is 1. The third kappa shape index (κ3) is 2.77. The van der Waals surface area contributed by atoms with Gasteiger partial charge in [-0.05, 0) is 32.4 Å². The van der Waals surface area contributed by atoms with Crippen LogP contribution in [0.1, 0.15) is 30.6 Å². The Labute approximate surface area is 123 Å². The van der Waals surface area contributed by atoms with Crippen LogP contribution in [-0.2, 0) is 11.3 Å². The lowest BCUT2D eigenvalue weighted by Crippen LogP contribution is -2.30. The molecule has 1 amide bonds. The number of aryl methyl sites for hydroxylation is 1. The Bertz CT molecular complexity index is 635. The van der Waals surface area contributed by atoms with Gasteiger partial charge in [0.25, 0.3) is 0 Å². The minimum atomic E-state index is -0.274. The number of fused-ring (bicyclic) bond motifs is 1. The van der Waals surface area contributed by atoms with Gasteiger partial charge in [0.05, 0.1) is 5.38 Å². The summed E-state index contributed by atoms with van der Waals surface area (Å²) in [6.45, 7) is 6.63. The van der Waals surface area contributed by atoms with Gasteiger partial charge in [-0.1, -0.05) is 0 Å². The fourth-order valence-corrected chi connectivity index (χ4v) is 2.19. The number of hydrogen-bond acceptors (Lipinski definition) is 3. The summed E-state index contributed by atoms with van der Waals surface area (Å²) in [4.78, 5) is 22.7. The first kappa shape index (κ1) is 14.8. The molecule has 5 nitrogen and oxygen atoms in total. The Balaban J connectivity index is 2.49. The van der Waals surface area contributed by atoms with Crippen LogP contribution in [-0.4, -0.2) is 38.9 Å². The highest BCUT2D eigenvalue weighted by Gasteiger charge is 2.19. The Kier molecular flexibility index (Phi) is 4.28. The molecular formula is C14H19ClN4O. The van der Waals surface area contributed by atoms with Gasteiger partial charge in [0, 0.05) is 19.8 Å². The van der Waals surface area contributed by atoms with Crippen LogP contribution in [0.15, 0.2) is 12.3 Å². The van der Waals surface area contributed by atoms with E-state index in [1.165, 1.54) is 0 Å². The molecule has 1 atom stereocenters. The van der Waals surface area contributed by atoms with E-state index < -0.39 is 0 Å². The van der Waals surface area contributed by atoms with Crippen molar-refractivity contribution in [2.75, 3.05) is 13.6 Å². The number of carbonyl (C=O) groups is 1. The number of alkyl halides is 1. The van der Waals surface area contributed by atoms with E-state index in [0.717, 1.165) is 11.1 Å². The molecule has 0 bridgehead atoms. The highest BCUT2D eigenvalue weighted by molar-refractivity contribution is 6.20. The molecule has 0 aromatic carbocycles. The van der Waals surface area contributed by atoms with E-state index in [2.05, 4.69) is 9.97 Å². The maximum absolute atomic E-state index is 12.1. The number of carbonyl (C=O) groups excluding carboxylic acids is 1. The molecule has 2 rings (SSSR count). The van der Waals surface area contributed by atoms with Crippen molar-refractivity contribution in [3.63, 3.8) is 0 Å². The topological polar surface area (TPSA) is 51.0 Å². The van der Waals surface area contributed by atoms with Gasteiger partial charge >= 0.3 is 0 Å². The van der Waals surface area contributed by atoms with Gasteiger partial charge in [-0.3, -0.25) is 4.79 Å². The molecule has 0 aliphatic rings. The highest BCUT2D eigenvalue weighted by atomic mass is 35.5. The third-order valence-electron chi connectivity index (χ3n) is 3.30. The highest BCUT2D eigenvalue weighted by Crippen LogP contribution is 2.24. The average Bonchev–Trinajstić information content (AvgIpc) is 2.75. The van der Waals surface area contributed by atoms with Gasteiger partial charge < -0.3 is 9.47 Å². The average molecular weight is 295 g/mol. The first-order chi connectivity index (χ1) is 9.43. The molecule has 0 aliphatic carbocycles. The van der Waals surface area contributed by atoms with Crippen molar-refractivity contribution >= 4 is 28.7 Å². The van der Waals surface area contributed by atoms with E-state index in [-0.39, 0.29) is 17.8 Å². The minimum Gasteiger partial charge on any atom is -0.344 e. The van der Waals surface area contributed by atoms with E-state index in [0.29, 0.717) is 18.0 Å². The van der Waals surface area contributed by atoms with E-state index >= 15 is 0 Å². The maximum Gasteiger partial charge on any atom is 0.242 e. The van der Waals surface area contributed by atoms with Crippen molar-refractivity contribution in [3.8, 4) is 0 Å². The Morgan fingerprint density at radius 1 is 1.55 bits per heavy atom.